The van der Waals surface area contributed by atoms with Crippen LogP contribution >= 0.6 is 11.6 Å². The van der Waals surface area contributed by atoms with Crippen LogP contribution in [0.25, 0.3) is 10.9 Å². The number of hydrogen-bond acceptors (Lipinski definition) is 5. The number of nitriles is 1. The second-order valence-electron chi connectivity index (χ2n) is 8.47. The molecule has 0 bridgehead atoms. The molecule has 0 spiro atoms. The van der Waals surface area contributed by atoms with Crippen LogP contribution in [-0.2, 0) is 24.3 Å². The van der Waals surface area contributed by atoms with Gasteiger partial charge in [0.15, 0.2) is 0 Å². The maximum Gasteiger partial charge on any atom is 0.331 e. The van der Waals surface area contributed by atoms with Gasteiger partial charge in [0.2, 0.25) is 0 Å². The molecule has 1 unspecified atom stereocenters. The Kier molecular flexibility index (Phi) is 8.26. The van der Waals surface area contributed by atoms with Crippen LogP contribution in [0.4, 0.5) is 0 Å². The minimum atomic E-state index is -0.356. The van der Waals surface area contributed by atoms with Crippen LogP contribution in [0.15, 0.2) is 46.0 Å². The van der Waals surface area contributed by atoms with Crippen molar-refractivity contribution in [3.63, 3.8) is 0 Å². The first kappa shape index (κ1) is 25.9. The van der Waals surface area contributed by atoms with Crippen molar-refractivity contribution in [3.05, 3.63) is 78.9 Å². The van der Waals surface area contributed by atoms with E-state index in [1.807, 2.05) is 19.9 Å². The molecule has 8 nitrogen and oxygen atoms in total. The highest BCUT2D eigenvalue weighted by molar-refractivity contribution is 6.32. The lowest BCUT2D eigenvalue weighted by Gasteiger charge is -2.14. The van der Waals surface area contributed by atoms with Crippen molar-refractivity contribution in [1.82, 2.24) is 14.5 Å². The van der Waals surface area contributed by atoms with Gasteiger partial charge in [0, 0.05) is 38.0 Å². The molecule has 0 saturated carbocycles. The van der Waals surface area contributed by atoms with Gasteiger partial charge in [-0.05, 0) is 55.7 Å². The summed E-state index contributed by atoms with van der Waals surface area (Å²) in [5.41, 5.74) is 1.20. The molecule has 2 aromatic carbocycles. The summed E-state index contributed by atoms with van der Waals surface area (Å²) in [6.07, 6.45) is 0.399. The summed E-state index contributed by atoms with van der Waals surface area (Å²) >= 11 is 5.98. The minimum absolute atomic E-state index is 0.0212. The summed E-state index contributed by atoms with van der Waals surface area (Å²) in [5.74, 6) is -0.463. The van der Waals surface area contributed by atoms with Crippen LogP contribution in [0, 0.1) is 17.2 Å². The number of hydrogen-bond donors (Lipinski definition) is 1. The molecule has 0 saturated heterocycles. The highest BCUT2D eigenvalue weighted by Gasteiger charge is 2.16. The second kappa shape index (κ2) is 11.2. The summed E-state index contributed by atoms with van der Waals surface area (Å²) in [7, 11) is 0. The van der Waals surface area contributed by atoms with Gasteiger partial charge in [0.1, 0.15) is 11.9 Å². The van der Waals surface area contributed by atoms with E-state index in [4.69, 9.17) is 16.9 Å². The number of nitrogens with one attached hydrogen (secondary N) is 1. The number of Topliss-reactive ketones (excluding diaryl/α,β-unsaturated/α-hetero) is 1. The molecule has 3 aromatic rings. The van der Waals surface area contributed by atoms with Crippen LogP contribution in [0.5, 0.6) is 0 Å². The van der Waals surface area contributed by atoms with Gasteiger partial charge in [-0.3, -0.25) is 23.5 Å². The standard InChI is InChI=1S/C26H27ClN4O4/c1-4-30-23-9-6-17(12-21(23)25(34)31(5-2)26(30)35)11-20(32)10-16(3)15-29-24(33)18-7-8-19(14-28)22(27)13-18/h6-9,12-13,16H,4-5,10-11,15H2,1-3H3,(H,29,33). The molecule has 1 heterocycles. The fourth-order valence-corrected chi connectivity index (χ4v) is 4.26. The average Bonchev–Trinajstić information content (AvgIpc) is 2.83. The third-order valence-electron chi connectivity index (χ3n) is 5.86. The molecule has 1 atom stereocenters. The first-order valence-electron chi connectivity index (χ1n) is 11.5. The summed E-state index contributed by atoms with van der Waals surface area (Å²) in [6.45, 7) is 6.46. The van der Waals surface area contributed by atoms with Crippen LogP contribution < -0.4 is 16.6 Å². The van der Waals surface area contributed by atoms with E-state index < -0.39 is 0 Å². The smallest absolute Gasteiger partial charge is 0.331 e. The maximum atomic E-state index is 12.8. The van der Waals surface area contributed by atoms with Crippen LogP contribution in [0.3, 0.4) is 0 Å². The molecule has 0 aliphatic carbocycles. The first-order chi connectivity index (χ1) is 16.7. The molecule has 1 amide bonds. The number of ketones is 1. The van der Waals surface area contributed by atoms with Crippen molar-refractivity contribution in [1.29, 1.82) is 5.26 Å². The number of amides is 1. The van der Waals surface area contributed by atoms with Gasteiger partial charge in [0.05, 0.1) is 21.5 Å². The summed E-state index contributed by atoms with van der Waals surface area (Å²) in [6, 6.07) is 11.6. The van der Waals surface area contributed by atoms with Crippen molar-refractivity contribution in [2.24, 2.45) is 5.92 Å². The van der Waals surface area contributed by atoms with Crippen LogP contribution in [0.2, 0.25) is 5.02 Å². The lowest BCUT2D eigenvalue weighted by molar-refractivity contribution is -0.119. The molecule has 1 aromatic heterocycles. The number of benzene rings is 2. The fourth-order valence-electron chi connectivity index (χ4n) is 4.04. The molecule has 0 aliphatic heterocycles. The van der Waals surface area contributed by atoms with E-state index in [9.17, 15) is 19.2 Å². The Hall–Kier alpha value is -3.70. The molecule has 0 aliphatic rings. The van der Waals surface area contributed by atoms with Crippen molar-refractivity contribution in [3.8, 4) is 6.07 Å². The van der Waals surface area contributed by atoms with E-state index >= 15 is 0 Å². The number of halogens is 1. The second-order valence-corrected chi connectivity index (χ2v) is 8.88. The van der Waals surface area contributed by atoms with E-state index in [1.165, 1.54) is 22.8 Å². The number of rotatable bonds is 9. The molecular weight excluding hydrogens is 468 g/mol. The maximum absolute atomic E-state index is 12.8. The van der Waals surface area contributed by atoms with E-state index in [-0.39, 0.29) is 53.3 Å². The number of fused-ring (bicyclic) bond motifs is 1. The molecule has 3 rings (SSSR count). The highest BCUT2D eigenvalue weighted by Crippen LogP contribution is 2.17. The summed E-state index contributed by atoms with van der Waals surface area (Å²) < 4.78 is 2.75. The largest absolute Gasteiger partial charge is 0.352 e. The quantitative estimate of drug-likeness (QED) is 0.490. The van der Waals surface area contributed by atoms with Crippen LogP contribution in [-0.4, -0.2) is 27.4 Å². The van der Waals surface area contributed by atoms with E-state index in [0.717, 1.165) is 0 Å². The number of carbonyl (C=O) groups excluding carboxylic acids is 2. The third-order valence-corrected chi connectivity index (χ3v) is 6.17. The van der Waals surface area contributed by atoms with Crippen LogP contribution in [0.1, 0.15) is 48.7 Å². The van der Waals surface area contributed by atoms with Crippen molar-refractivity contribution < 1.29 is 9.59 Å². The number of aryl methyl sites for hydroxylation is 1. The summed E-state index contributed by atoms with van der Waals surface area (Å²) in [4.78, 5) is 50.3. The predicted octanol–water partition coefficient (Wildman–Crippen LogP) is 3.30. The van der Waals surface area contributed by atoms with Gasteiger partial charge >= 0.3 is 5.69 Å². The molecule has 9 heteroatoms. The number of aromatic nitrogens is 2. The number of nitrogens with zero attached hydrogens (tertiary/aromatic N) is 3. The highest BCUT2D eigenvalue weighted by atomic mass is 35.5. The Balaban J connectivity index is 1.65. The van der Waals surface area contributed by atoms with E-state index in [2.05, 4.69) is 5.32 Å². The predicted molar refractivity (Wildman–Crippen MR) is 135 cm³/mol. The minimum Gasteiger partial charge on any atom is -0.352 e. The molecule has 1 N–H and O–H groups in total. The van der Waals surface area contributed by atoms with Gasteiger partial charge in [0.25, 0.3) is 11.5 Å². The van der Waals surface area contributed by atoms with Crippen molar-refractivity contribution in [2.45, 2.75) is 46.7 Å². The fraction of sp³-hybridized carbons (Fsp3) is 0.346. The molecule has 0 fully saturated rings. The number of carbonyl (C=O) groups is 2. The van der Waals surface area contributed by atoms with Gasteiger partial charge in [-0.1, -0.05) is 24.6 Å². The average molecular weight is 495 g/mol. The topological polar surface area (TPSA) is 114 Å². The molecule has 182 valence electrons. The summed E-state index contributed by atoms with van der Waals surface area (Å²) in [5, 5.41) is 12.4. The Bertz CT molecular complexity index is 1450. The van der Waals surface area contributed by atoms with Gasteiger partial charge < -0.3 is 5.32 Å². The zero-order chi connectivity index (χ0) is 25.7. The monoisotopic (exact) mass is 494 g/mol. The Morgan fingerprint density at radius 3 is 2.43 bits per heavy atom. The van der Waals surface area contributed by atoms with Gasteiger partial charge in [-0.2, -0.15) is 5.26 Å². The Morgan fingerprint density at radius 2 is 1.80 bits per heavy atom. The van der Waals surface area contributed by atoms with Crippen molar-refractivity contribution in [2.75, 3.05) is 6.54 Å². The SMILES string of the molecule is CCn1c(=O)c2cc(CC(=O)CC(C)CNC(=O)c3ccc(C#N)c(Cl)c3)ccc2n(CC)c1=O. The zero-order valence-electron chi connectivity index (χ0n) is 19.9. The third kappa shape index (κ3) is 5.69. The Morgan fingerprint density at radius 1 is 1.09 bits per heavy atom. The van der Waals surface area contributed by atoms with Gasteiger partial charge in [-0.25, -0.2) is 4.79 Å². The van der Waals surface area contributed by atoms with Gasteiger partial charge in [-0.15, -0.1) is 0 Å². The normalized spacial score (nSPS) is 11.7. The molecule has 35 heavy (non-hydrogen) atoms. The molecular formula is C26H27ClN4O4. The van der Waals surface area contributed by atoms with E-state index in [0.29, 0.717) is 40.7 Å². The zero-order valence-corrected chi connectivity index (χ0v) is 20.7. The lowest BCUT2D eigenvalue weighted by Crippen LogP contribution is -2.39. The Labute approximate surface area is 207 Å². The van der Waals surface area contributed by atoms with Crippen molar-refractivity contribution >= 4 is 34.2 Å². The molecule has 0 radical (unpaired) electrons. The van der Waals surface area contributed by atoms with E-state index in [1.54, 1.807) is 29.7 Å². The lowest BCUT2D eigenvalue weighted by atomic mass is 9.98. The first-order valence-corrected chi connectivity index (χ1v) is 11.8.